The third kappa shape index (κ3) is 3.43. The molecule has 18 heavy (non-hydrogen) atoms. The summed E-state index contributed by atoms with van der Waals surface area (Å²) >= 11 is 0. The predicted octanol–water partition coefficient (Wildman–Crippen LogP) is -0.689. The lowest BCUT2D eigenvalue weighted by molar-refractivity contribution is -0.126. The van der Waals surface area contributed by atoms with Crippen LogP contribution in [0.3, 0.4) is 0 Å². The summed E-state index contributed by atoms with van der Waals surface area (Å²) in [4.78, 5) is 34.1. The highest BCUT2D eigenvalue weighted by molar-refractivity contribution is 6.07. The van der Waals surface area contributed by atoms with Crippen LogP contribution in [0.15, 0.2) is 0 Å². The first-order chi connectivity index (χ1) is 7.75. The fraction of sp³-hybridized carbons (Fsp3) is 0.727. The van der Waals surface area contributed by atoms with Crippen molar-refractivity contribution in [2.75, 3.05) is 0 Å². The van der Waals surface area contributed by atoms with E-state index in [0.29, 0.717) is 12.3 Å². The molecule has 7 nitrogen and oxygen atoms in total. The quantitative estimate of drug-likeness (QED) is 0.580. The van der Waals surface area contributed by atoms with Crippen LogP contribution < -0.4 is 16.0 Å². The maximum Gasteiger partial charge on any atom is 0.322 e. The van der Waals surface area contributed by atoms with E-state index in [4.69, 9.17) is 0 Å². The van der Waals surface area contributed by atoms with Crippen molar-refractivity contribution >= 4 is 17.8 Å². The van der Waals surface area contributed by atoms with E-state index in [0.717, 1.165) is 0 Å². The Morgan fingerprint density at radius 2 is 1.94 bits per heavy atom. The van der Waals surface area contributed by atoms with Crippen molar-refractivity contribution in [3.8, 4) is 0 Å². The molecule has 4 amide bonds. The Morgan fingerprint density at radius 1 is 1.39 bits per heavy atom. The number of rotatable bonds is 4. The molecule has 104 valence electrons. The zero-order chi connectivity index (χ0) is 13.2. The number of hydrogen-bond acceptors (Lipinski definition) is 3. The molecule has 0 aliphatic carbocycles. The zero-order valence-corrected chi connectivity index (χ0v) is 11.1. The van der Waals surface area contributed by atoms with E-state index in [2.05, 4.69) is 16.0 Å². The number of carbonyl (C=O) groups excluding carboxylic acids is 3. The van der Waals surface area contributed by atoms with E-state index in [-0.39, 0.29) is 11.4 Å². The second-order valence-electron chi connectivity index (χ2n) is 4.99. The smallest absolute Gasteiger partial charge is 0.322 e. The number of amides is 4. The fourth-order valence-electron chi connectivity index (χ4n) is 1.96. The molecule has 0 aromatic carbocycles. The first-order valence-corrected chi connectivity index (χ1v) is 5.66. The van der Waals surface area contributed by atoms with Crippen LogP contribution in [0.1, 0.15) is 34.1 Å². The van der Waals surface area contributed by atoms with Gasteiger partial charge < -0.3 is 16.1 Å². The van der Waals surface area contributed by atoms with Gasteiger partial charge in [-0.25, -0.2) is 4.79 Å². The van der Waals surface area contributed by atoms with E-state index in [1.54, 1.807) is 6.92 Å². The summed E-state index contributed by atoms with van der Waals surface area (Å²) in [6.45, 7) is 7.00. The lowest BCUT2D eigenvalue weighted by Gasteiger charge is -2.32. The Bertz CT molecular complexity index is 356. The van der Waals surface area contributed by atoms with Crippen molar-refractivity contribution < 1.29 is 19.9 Å². The normalized spacial score (nSPS) is 24.1. The van der Waals surface area contributed by atoms with Gasteiger partial charge in [0, 0.05) is 6.92 Å². The molecule has 1 aliphatic heterocycles. The molecule has 0 radical (unpaired) electrons. The highest BCUT2D eigenvalue weighted by Gasteiger charge is 2.48. The molecule has 2 atom stereocenters. The lowest BCUT2D eigenvalue weighted by atomic mass is 9.86. The van der Waals surface area contributed by atoms with Gasteiger partial charge in [0.15, 0.2) is 0 Å². The van der Waals surface area contributed by atoms with Gasteiger partial charge in [-0.15, -0.1) is 0 Å². The van der Waals surface area contributed by atoms with Crippen LogP contribution in [-0.2, 0) is 9.59 Å². The fourth-order valence-corrected chi connectivity index (χ4v) is 1.96. The molecule has 1 saturated heterocycles. The Hall–Kier alpha value is -1.63. The second kappa shape index (κ2) is 5.81. The first kappa shape index (κ1) is 16.4. The van der Waals surface area contributed by atoms with Crippen molar-refractivity contribution in [2.45, 2.75) is 45.7 Å². The average molecular weight is 259 g/mol. The van der Waals surface area contributed by atoms with Crippen LogP contribution in [0.2, 0.25) is 0 Å². The minimum absolute atomic E-state index is 0. The van der Waals surface area contributed by atoms with Crippen LogP contribution in [0.5, 0.6) is 0 Å². The average Bonchev–Trinajstić information content (AvgIpc) is 2.39. The number of nitrogens with one attached hydrogen (secondary N) is 3. The van der Waals surface area contributed by atoms with Crippen LogP contribution in [0.4, 0.5) is 4.79 Å². The monoisotopic (exact) mass is 259 g/mol. The Labute approximate surface area is 106 Å². The van der Waals surface area contributed by atoms with Crippen LogP contribution in [0, 0.1) is 5.92 Å². The van der Waals surface area contributed by atoms with Crippen molar-refractivity contribution in [3.05, 3.63) is 0 Å². The summed E-state index contributed by atoms with van der Waals surface area (Å²) in [5, 5.41) is 7.50. The maximum absolute atomic E-state index is 11.8. The van der Waals surface area contributed by atoms with Crippen LogP contribution >= 0.6 is 0 Å². The van der Waals surface area contributed by atoms with Gasteiger partial charge in [-0.1, -0.05) is 13.8 Å². The molecule has 0 saturated carbocycles. The van der Waals surface area contributed by atoms with E-state index in [9.17, 15) is 14.4 Å². The summed E-state index contributed by atoms with van der Waals surface area (Å²) in [5.74, 6) is -0.318. The molecule has 1 fully saturated rings. The van der Waals surface area contributed by atoms with Crippen molar-refractivity contribution in [2.24, 2.45) is 5.92 Å². The molecular weight excluding hydrogens is 238 g/mol. The predicted molar refractivity (Wildman–Crippen MR) is 65.8 cm³/mol. The second-order valence-corrected chi connectivity index (χ2v) is 4.99. The van der Waals surface area contributed by atoms with Gasteiger partial charge in [0.25, 0.3) is 5.91 Å². The molecule has 0 spiro atoms. The Morgan fingerprint density at radius 3 is 2.28 bits per heavy atom. The van der Waals surface area contributed by atoms with E-state index in [1.165, 1.54) is 6.92 Å². The molecule has 1 rings (SSSR count). The highest BCUT2D eigenvalue weighted by Crippen LogP contribution is 2.21. The number of urea groups is 1. The molecule has 1 aliphatic rings. The van der Waals surface area contributed by atoms with Crippen LogP contribution in [-0.4, -0.2) is 34.9 Å². The van der Waals surface area contributed by atoms with Crippen molar-refractivity contribution in [1.82, 2.24) is 16.0 Å². The van der Waals surface area contributed by atoms with Gasteiger partial charge in [-0.05, 0) is 19.3 Å². The largest absolute Gasteiger partial charge is 0.412 e. The molecule has 5 N–H and O–H groups in total. The summed E-state index contributed by atoms with van der Waals surface area (Å²) in [5.41, 5.74) is -1.08. The maximum atomic E-state index is 11.8. The van der Waals surface area contributed by atoms with Gasteiger partial charge in [0.05, 0.1) is 6.04 Å². The molecule has 1 heterocycles. The van der Waals surface area contributed by atoms with Crippen LogP contribution in [0.25, 0.3) is 0 Å². The zero-order valence-electron chi connectivity index (χ0n) is 11.1. The number of carbonyl (C=O) groups is 3. The van der Waals surface area contributed by atoms with Gasteiger partial charge in [-0.3, -0.25) is 14.9 Å². The van der Waals surface area contributed by atoms with Crippen molar-refractivity contribution in [1.29, 1.82) is 0 Å². The van der Waals surface area contributed by atoms with Crippen molar-refractivity contribution in [3.63, 3.8) is 0 Å². The minimum atomic E-state index is -1.08. The first-order valence-electron chi connectivity index (χ1n) is 5.66. The molecule has 7 heteroatoms. The Kier molecular flexibility index (Phi) is 5.29. The van der Waals surface area contributed by atoms with E-state index >= 15 is 0 Å². The topological polar surface area (TPSA) is 119 Å². The van der Waals surface area contributed by atoms with E-state index < -0.39 is 23.5 Å². The summed E-state index contributed by atoms with van der Waals surface area (Å²) in [6, 6.07) is -0.928. The van der Waals surface area contributed by atoms with Gasteiger partial charge in [-0.2, -0.15) is 0 Å². The third-order valence-corrected chi connectivity index (χ3v) is 2.85. The van der Waals surface area contributed by atoms with E-state index in [1.807, 2.05) is 13.8 Å². The number of imide groups is 1. The summed E-state index contributed by atoms with van der Waals surface area (Å²) in [7, 11) is 0. The standard InChI is InChI=1S/C11H19N3O3.H2O/c1-6(2)5-8(12-7(3)15)11(4)9(16)13-10(17)14-11;/h6,8H,5H2,1-4H3,(H,12,15)(H2,13,14,16,17);1H2/t8-,11-;/m1./s1. The van der Waals surface area contributed by atoms with Gasteiger partial charge >= 0.3 is 6.03 Å². The SMILES string of the molecule is CC(=O)N[C@H](CC(C)C)[C@@]1(C)NC(=O)NC1=O.O. The lowest BCUT2D eigenvalue weighted by Crippen LogP contribution is -2.60. The molecule has 0 aromatic rings. The molecule has 0 unspecified atom stereocenters. The molecule has 0 bridgehead atoms. The van der Waals surface area contributed by atoms with Gasteiger partial charge in [0.2, 0.25) is 5.91 Å². The van der Waals surface area contributed by atoms with Gasteiger partial charge in [0.1, 0.15) is 5.54 Å². The Balaban J connectivity index is 0.00000289. The summed E-state index contributed by atoms with van der Waals surface area (Å²) in [6.07, 6.45) is 0.615. The number of hydrogen-bond donors (Lipinski definition) is 3. The molecule has 0 aromatic heterocycles. The highest BCUT2D eigenvalue weighted by atomic mass is 16.2. The molecular formula is C11H21N3O4. The minimum Gasteiger partial charge on any atom is -0.412 e. The summed E-state index contributed by atoms with van der Waals surface area (Å²) < 4.78 is 0. The third-order valence-electron chi connectivity index (χ3n) is 2.85.